The summed E-state index contributed by atoms with van der Waals surface area (Å²) in [5.74, 6) is 0.762. The van der Waals surface area contributed by atoms with Gasteiger partial charge in [-0.3, -0.25) is 10.2 Å². The average Bonchev–Trinajstić information content (AvgIpc) is 2.42. The Balaban J connectivity index is 2.56. The molecule has 1 aromatic carbocycles. The number of benzene rings is 1. The van der Waals surface area contributed by atoms with Crippen molar-refractivity contribution in [3.8, 4) is 0 Å². The van der Waals surface area contributed by atoms with E-state index in [0.29, 0.717) is 17.4 Å². The lowest BCUT2D eigenvalue weighted by atomic mass is 9.94. The minimum Gasteiger partial charge on any atom is -0.287 e. The van der Waals surface area contributed by atoms with Crippen molar-refractivity contribution in [2.45, 2.75) is 33.2 Å². The van der Waals surface area contributed by atoms with Gasteiger partial charge in [0, 0.05) is 11.6 Å². The van der Waals surface area contributed by atoms with Crippen LogP contribution in [0.15, 0.2) is 43.0 Å². The second-order valence-corrected chi connectivity index (χ2v) is 5.30. The largest absolute Gasteiger partial charge is 0.287 e. The first-order chi connectivity index (χ1) is 9.04. The maximum absolute atomic E-state index is 11.9. The van der Waals surface area contributed by atoms with Crippen LogP contribution in [0.1, 0.15) is 37.6 Å². The summed E-state index contributed by atoms with van der Waals surface area (Å²) in [7, 11) is 0. The van der Waals surface area contributed by atoms with E-state index in [4.69, 9.17) is 0 Å². The Morgan fingerprint density at radius 1 is 1.26 bits per heavy atom. The second-order valence-electron chi connectivity index (χ2n) is 5.30. The van der Waals surface area contributed by atoms with Gasteiger partial charge < -0.3 is 0 Å². The molecule has 0 aliphatic rings. The monoisotopic (exact) mass is 260 g/mol. The van der Waals surface area contributed by atoms with E-state index in [0.717, 1.165) is 6.42 Å². The van der Waals surface area contributed by atoms with Gasteiger partial charge in [-0.15, -0.1) is 6.58 Å². The van der Waals surface area contributed by atoms with Crippen LogP contribution in [-0.4, -0.2) is 11.9 Å². The first-order valence-electron chi connectivity index (χ1n) is 6.78. The Bertz CT molecular complexity index is 400. The van der Waals surface area contributed by atoms with Gasteiger partial charge >= 0.3 is 0 Å². The van der Waals surface area contributed by atoms with E-state index in [-0.39, 0.29) is 11.9 Å². The molecular weight excluding hydrogens is 236 g/mol. The third-order valence-corrected chi connectivity index (χ3v) is 3.14. The van der Waals surface area contributed by atoms with Gasteiger partial charge in [0.15, 0.2) is 0 Å². The zero-order valence-corrected chi connectivity index (χ0v) is 12.0. The summed E-state index contributed by atoms with van der Waals surface area (Å²) in [6.45, 7) is 10.3. The van der Waals surface area contributed by atoms with Crippen molar-refractivity contribution in [3.05, 3.63) is 48.6 Å². The fraction of sp³-hybridized carbons (Fsp3) is 0.438. The summed E-state index contributed by atoms with van der Waals surface area (Å²) in [6, 6.07) is 9.40. The molecule has 0 bridgehead atoms. The zero-order valence-electron chi connectivity index (χ0n) is 12.0. The molecule has 3 nitrogen and oxygen atoms in total. The molecule has 104 valence electrons. The number of nitrogens with one attached hydrogen (secondary N) is 2. The number of carbonyl (C=O) groups excluding carboxylic acids is 1. The highest BCUT2D eigenvalue weighted by molar-refractivity contribution is 5.93. The van der Waals surface area contributed by atoms with Crippen molar-refractivity contribution in [2.24, 2.45) is 11.8 Å². The van der Waals surface area contributed by atoms with Gasteiger partial charge in [0.1, 0.15) is 0 Å². The summed E-state index contributed by atoms with van der Waals surface area (Å²) in [4.78, 5) is 11.9. The van der Waals surface area contributed by atoms with Gasteiger partial charge in [0.05, 0.1) is 0 Å². The summed E-state index contributed by atoms with van der Waals surface area (Å²) < 4.78 is 0. The lowest BCUT2D eigenvalue weighted by Gasteiger charge is -2.25. The van der Waals surface area contributed by atoms with Crippen LogP contribution in [0, 0.1) is 11.8 Å². The number of hydrogen-bond acceptors (Lipinski definition) is 2. The van der Waals surface area contributed by atoms with Crippen molar-refractivity contribution in [3.63, 3.8) is 0 Å². The van der Waals surface area contributed by atoms with Crippen molar-refractivity contribution in [1.29, 1.82) is 0 Å². The molecule has 1 rings (SSSR count). The molecule has 0 spiro atoms. The molecule has 2 N–H and O–H groups in total. The van der Waals surface area contributed by atoms with Crippen LogP contribution in [0.2, 0.25) is 0 Å². The highest BCUT2D eigenvalue weighted by Gasteiger charge is 2.17. The number of hydrogen-bond donors (Lipinski definition) is 2. The van der Waals surface area contributed by atoms with Gasteiger partial charge in [-0.05, 0) is 30.4 Å². The van der Waals surface area contributed by atoms with Crippen LogP contribution in [0.4, 0.5) is 0 Å². The van der Waals surface area contributed by atoms with E-state index in [9.17, 15) is 4.79 Å². The second kappa shape index (κ2) is 7.74. The number of carbonyl (C=O) groups is 1. The third-order valence-electron chi connectivity index (χ3n) is 3.14. The highest BCUT2D eigenvalue weighted by Crippen LogP contribution is 2.13. The molecule has 0 saturated carbocycles. The Morgan fingerprint density at radius 3 is 2.42 bits per heavy atom. The molecule has 19 heavy (non-hydrogen) atoms. The lowest BCUT2D eigenvalue weighted by Crippen LogP contribution is -2.47. The third kappa shape index (κ3) is 5.26. The molecule has 0 aromatic heterocycles. The van der Waals surface area contributed by atoms with Gasteiger partial charge in [-0.1, -0.05) is 45.0 Å². The minimum atomic E-state index is -0.106. The van der Waals surface area contributed by atoms with E-state index in [1.807, 2.05) is 24.3 Å². The number of amides is 1. The number of rotatable bonds is 7. The van der Waals surface area contributed by atoms with E-state index < -0.39 is 0 Å². The van der Waals surface area contributed by atoms with Crippen molar-refractivity contribution >= 4 is 5.91 Å². The zero-order chi connectivity index (χ0) is 14.3. The standard InChI is InChI=1S/C16H24N2O/c1-5-13(4)15(11-12(2)3)17-18-16(19)14-9-7-6-8-10-14/h5-10,12-13,15,17H,1,11H2,2-4H3,(H,18,19)/t13-,15-/m0/s1. The smallest absolute Gasteiger partial charge is 0.265 e. The molecule has 3 heteroatoms. The summed E-state index contributed by atoms with van der Waals surface area (Å²) in [5, 5.41) is 0. The maximum Gasteiger partial charge on any atom is 0.265 e. The quantitative estimate of drug-likeness (QED) is 0.584. The Hall–Kier alpha value is -1.61. The minimum absolute atomic E-state index is 0.106. The first-order valence-corrected chi connectivity index (χ1v) is 6.78. The molecular formula is C16H24N2O. The molecule has 2 atom stereocenters. The fourth-order valence-corrected chi connectivity index (χ4v) is 1.90. The fourth-order valence-electron chi connectivity index (χ4n) is 1.90. The van der Waals surface area contributed by atoms with Crippen LogP contribution in [0.3, 0.4) is 0 Å². The van der Waals surface area contributed by atoms with Crippen molar-refractivity contribution in [2.75, 3.05) is 0 Å². The molecule has 1 amide bonds. The first kappa shape index (κ1) is 15.4. The Kier molecular flexibility index (Phi) is 6.30. The SMILES string of the molecule is C=C[C@H](C)[C@H](CC(C)C)NNC(=O)c1ccccc1. The van der Waals surface area contributed by atoms with Crippen LogP contribution in [0.25, 0.3) is 0 Å². The lowest BCUT2D eigenvalue weighted by molar-refractivity contribution is 0.0917. The normalized spacial score (nSPS) is 13.9. The predicted molar refractivity (Wildman–Crippen MR) is 79.6 cm³/mol. The summed E-state index contributed by atoms with van der Waals surface area (Å²) in [5.41, 5.74) is 6.57. The molecule has 1 aromatic rings. The van der Waals surface area contributed by atoms with E-state index in [1.54, 1.807) is 12.1 Å². The molecule has 0 aliphatic heterocycles. The van der Waals surface area contributed by atoms with Gasteiger partial charge in [-0.25, -0.2) is 5.43 Å². The van der Waals surface area contributed by atoms with E-state index in [1.165, 1.54) is 0 Å². The molecule has 0 heterocycles. The highest BCUT2D eigenvalue weighted by atomic mass is 16.2. The topological polar surface area (TPSA) is 41.1 Å². The van der Waals surface area contributed by atoms with Crippen molar-refractivity contribution in [1.82, 2.24) is 10.9 Å². The predicted octanol–water partition coefficient (Wildman–Crippen LogP) is 3.16. The molecule has 0 radical (unpaired) electrons. The molecule has 0 saturated heterocycles. The van der Waals surface area contributed by atoms with E-state index >= 15 is 0 Å². The van der Waals surface area contributed by atoms with Gasteiger partial charge in [0.25, 0.3) is 5.91 Å². The van der Waals surface area contributed by atoms with Crippen molar-refractivity contribution < 1.29 is 4.79 Å². The van der Waals surface area contributed by atoms with Gasteiger partial charge in [-0.2, -0.15) is 0 Å². The maximum atomic E-state index is 11.9. The van der Waals surface area contributed by atoms with E-state index in [2.05, 4.69) is 38.2 Å². The molecule has 0 fully saturated rings. The van der Waals surface area contributed by atoms with Crippen LogP contribution in [0.5, 0.6) is 0 Å². The molecule has 0 aliphatic carbocycles. The Morgan fingerprint density at radius 2 is 1.89 bits per heavy atom. The molecule has 0 unspecified atom stereocenters. The summed E-state index contributed by atoms with van der Waals surface area (Å²) >= 11 is 0. The average molecular weight is 260 g/mol. The van der Waals surface area contributed by atoms with Crippen LogP contribution >= 0.6 is 0 Å². The summed E-state index contributed by atoms with van der Waals surface area (Å²) in [6.07, 6.45) is 2.90. The van der Waals surface area contributed by atoms with Crippen LogP contribution < -0.4 is 10.9 Å². The Labute approximate surface area is 116 Å². The van der Waals surface area contributed by atoms with Crippen LogP contribution in [-0.2, 0) is 0 Å². The van der Waals surface area contributed by atoms with Gasteiger partial charge in [0.2, 0.25) is 0 Å². The number of hydrazine groups is 1.